The smallest absolute Gasteiger partial charge is 0.262 e. The average Bonchev–Trinajstić information content (AvgIpc) is 2.99. The van der Waals surface area contributed by atoms with Gasteiger partial charge in [-0.2, -0.15) is 0 Å². The van der Waals surface area contributed by atoms with Crippen LogP contribution in [0, 0.1) is 5.41 Å². The summed E-state index contributed by atoms with van der Waals surface area (Å²) in [5, 5.41) is 0.542. The molecular weight excluding hydrogens is 404 g/mol. The third-order valence-electron chi connectivity index (χ3n) is 6.77. The molecule has 7 nitrogen and oxygen atoms in total. The van der Waals surface area contributed by atoms with E-state index in [2.05, 4.69) is 11.9 Å². The van der Waals surface area contributed by atoms with E-state index in [1.807, 2.05) is 24.3 Å². The van der Waals surface area contributed by atoms with E-state index in [9.17, 15) is 4.79 Å². The Bertz CT molecular complexity index is 1070. The Morgan fingerprint density at radius 3 is 2.83 bits per heavy atom. The number of ether oxygens (including phenoxy) is 2. The SMILES string of the molecule is CCC12COCCC1Oc1ccc(-c3cncc(Cl)c3)cc1C21N=C(N)N(C)C1=O. The molecule has 0 saturated carbocycles. The number of carbonyl (C=O) groups is 1. The molecule has 1 aromatic heterocycles. The molecule has 1 saturated heterocycles. The molecule has 5 rings (SSSR count). The zero-order valence-corrected chi connectivity index (χ0v) is 17.6. The van der Waals surface area contributed by atoms with E-state index in [4.69, 9.17) is 31.8 Å². The number of guanidine groups is 1. The fraction of sp³-hybridized carbons (Fsp3) is 0.409. The van der Waals surface area contributed by atoms with Crippen LogP contribution in [0.15, 0.2) is 41.7 Å². The molecule has 2 N–H and O–H groups in total. The second kappa shape index (κ2) is 6.68. The number of pyridine rings is 1. The van der Waals surface area contributed by atoms with Crippen LogP contribution in [-0.4, -0.2) is 48.1 Å². The minimum absolute atomic E-state index is 0.150. The number of likely N-dealkylation sites (N-methyl/N-ethyl adjacent to an activating group) is 1. The summed E-state index contributed by atoms with van der Waals surface area (Å²) < 4.78 is 12.3. The predicted octanol–water partition coefficient (Wildman–Crippen LogP) is 2.96. The summed E-state index contributed by atoms with van der Waals surface area (Å²) >= 11 is 6.15. The normalized spacial score (nSPS) is 30.0. The van der Waals surface area contributed by atoms with E-state index in [1.165, 1.54) is 4.90 Å². The van der Waals surface area contributed by atoms with Crippen molar-refractivity contribution in [3.8, 4) is 16.9 Å². The molecule has 8 heteroatoms. The van der Waals surface area contributed by atoms with E-state index >= 15 is 0 Å². The van der Waals surface area contributed by atoms with Gasteiger partial charge in [0.25, 0.3) is 5.91 Å². The van der Waals surface area contributed by atoms with Gasteiger partial charge >= 0.3 is 0 Å². The van der Waals surface area contributed by atoms with Crippen LogP contribution in [0.1, 0.15) is 25.3 Å². The lowest BCUT2D eigenvalue weighted by Gasteiger charge is -2.54. The average molecular weight is 427 g/mol. The van der Waals surface area contributed by atoms with Crippen molar-refractivity contribution in [1.29, 1.82) is 0 Å². The molecule has 3 aliphatic rings. The number of hydrogen-bond acceptors (Lipinski definition) is 6. The quantitative estimate of drug-likeness (QED) is 0.797. The molecule has 3 atom stereocenters. The highest BCUT2D eigenvalue weighted by Gasteiger charge is 2.68. The van der Waals surface area contributed by atoms with E-state index in [1.54, 1.807) is 19.4 Å². The second-order valence-corrected chi connectivity index (χ2v) is 8.54. The summed E-state index contributed by atoms with van der Waals surface area (Å²) in [6.45, 7) is 3.03. The minimum Gasteiger partial charge on any atom is -0.489 e. The molecule has 156 valence electrons. The van der Waals surface area contributed by atoms with Gasteiger partial charge in [-0.05, 0) is 30.2 Å². The lowest BCUT2D eigenvalue weighted by molar-refractivity contribution is -0.165. The number of carbonyl (C=O) groups excluding carboxylic acids is 1. The van der Waals surface area contributed by atoms with Crippen LogP contribution in [0.2, 0.25) is 5.02 Å². The molecule has 1 aromatic carbocycles. The number of hydrogen-bond donors (Lipinski definition) is 1. The van der Waals surface area contributed by atoms with Crippen LogP contribution < -0.4 is 10.5 Å². The highest BCUT2D eigenvalue weighted by Crippen LogP contribution is 2.59. The van der Waals surface area contributed by atoms with Crippen molar-refractivity contribution in [2.24, 2.45) is 16.1 Å². The first-order valence-corrected chi connectivity index (χ1v) is 10.4. The van der Waals surface area contributed by atoms with Gasteiger partial charge in [0.15, 0.2) is 11.5 Å². The van der Waals surface area contributed by atoms with Crippen LogP contribution in [0.4, 0.5) is 0 Å². The third-order valence-corrected chi connectivity index (χ3v) is 6.98. The van der Waals surface area contributed by atoms with Gasteiger partial charge in [0.1, 0.15) is 11.9 Å². The zero-order chi connectivity index (χ0) is 21.1. The lowest BCUT2D eigenvalue weighted by Crippen LogP contribution is -2.64. The summed E-state index contributed by atoms with van der Waals surface area (Å²) in [6, 6.07) is 7.65. The number of aromatic nitrogens is 1. The molecule has 1 spiro atoms. The van der Waals surface area contributed by atoms with Crippen LogP contribution in [0.5, 0.6) is 5.75 Å². The summed E-state index contributed by atoms with van der Waals surface area (Å²) in [5.41, 5.74) is 6.78. The van der Waals surface area contributed by atoms with Gasteiger partial charge < -0.3 is 15.2 Å². The van der Waals surface area contributed by atoms with Crippen LogP contribution in [-0.2, 0) is 15.1 Å². The Labute approximate surface area is 179 Å². The second-order valence-electron chi connectivity index (χ2n) is 8.10. The molecule has 0 radical (unpaired) electrons. The van der Waals surface area contributed by atoms with Gasteiger partial charge in [-0.1, -0.05) is 24.6 Å². The number of nitrogens with two attached hydrogens (primary N) is 1. The first kappa shape index (κ1) is 19.3. The monoisotopic (exact) mass is 426 g/mol. The van der Waals surface area contributed by atoms with Crippen molar-refractivity contribution in [1.82, 2.24) is 9.88 Å². The fourth-order valence-corrected chi connectivity index (χ4v) is 5.31. The Morgan fingerprint density at radius 2 is 2.13 bits per heavy atom. The van der Waals surface area contributed by atoms with Crippen molar-refractivity contribution in [2.45, 2.75) is 31.4 Å². The van der Waals surface area contributed by atoms with Crippen molar-refractivity contribution in [3.05, 3.63) is 47.2 Å². The predicted molar refractivity (Wildman–Crippen MR) is 113 cm³/mol. The first-order chi connectivity index (χ1) is 14.4. The van der Waals surface area contributed by atoms with Crippen LogP contribution in [0.3, 0.4) is 0 Å². The standard InChI is InChI=1S/C22H23ClN4O3/c1-3-21-12-29-7-6-18(21)30-17-5-4-13(14-8-15(23)11-25-10-14)9-16(17)22(21)19(28)27(2)20(24)26-22/h4-5,8-11,18H,3,6-7,12H2,1-2H3,(H2,24,26). The molecule has 0 aliphatic carbocycles. The molecule has 30 heavy (non-hydrogen) atoms. The maximum Gasteiger partial charge on any atom is 0.262 e. The zero-order valence-electron chi connectivity index (χ0n) is 16.9. The molecular formula is C22H23ClN4O3. The first-order valence-electron chi connectivity index (χ1n) is 10.1. The maximum atomic E-state index is 13.8. The van der Waals surface area contributed by atoms with Crippen molar-refractivity contribution in [2.75, 3.05) is 20.3 Å². The van der Waals surface area contributed by atoms with Gasteiger partial charge in [0.05, 0.1) is 23.7 Å². The number of amides is 1. The topological polar surface area (TPSA) is 90.0 Å². The largest absolute Gasteiger partial charge is 0.489 e. The molecule has 1 amide bonds. The Balaban J connectivity index is 1.79. The molecule has 3 unspecified atom stereocenters. The fourth-order valence-electron chi connectivity index (χ4n) is 5.14. The molecule has 0 bridgehead atoms. The summed E-state index contributed by atoms with van der Waals surface area (Å²) in [7, 11) is 1.66. The van der Waals surface area contributed by atoms with E-state index in [0.29, 0.717) is 42.4 Å². The minimum atomic E-state index is -1.19. The van der Waals surface area contributed by atoms with Gasteiger partial charge in [-0.3, -0.25) is 14.7 Å². The Hall–Kier alpha value is -2.64. The summed E-state index contributed by atoms with van der Waals surface area (Å²) in [5.74, 6) is 0.716. The Kier molecular flexibility index (Phi) is 4.31. The number of rotatable bonds is 2. The van der Waals surface area contributed by atoms with Crippen molar-refractivity contribution >= 4 is 23.5 Å². The molecule has 1 fully saturated rings. The maximum absolute atomic E-state index is 13.8. The van der Waals surface area contributed by atoms with Crippen LogP contribution in [0.25, 0.3) is 11.1 Å². The molecule has 3 aliphatic heterocycles. The van der Waals surface area contributed by atoms with Crippen molar-refractivity contribution in [3.63, 3.8) is 0 Å². The number of fused-ring (bicyclic) bond motifs is 4. The van der Waals surface area contributed by atoms with E-state index in [-0.39, 0.29) is 18.0 Å². The number of halogens is 1. The number of aliphatic imine (C=N–C) groups is 1. The van der Waals surface area contributed by atoms with Gasteiger partial charge in [0.2, 0.25) is 0 Å². The van der Waals surface area contributed by atoms with Crippen LogP contribution >= 0.6 is 11.6 Å². The Morgan fingerprint density at radius 1 is 1.30 bits per heavy atom. The highest BCUT2D eigenvalue weighted by molar-refractivity contribution is 6.30. The highest BCUT2D eigenvalue weighted by atomic mass is 35.5. The number of benzene rings is 1. The van der Waals surface area contributed by atoms with Gasteiger partial charge in [-0.15, -0.1) is 0 Å². The van der Waals surface area contributed by atoms with E-state index in [0.717, 1.165) is 11.1 Å². The molecule has 2 aromatic rings. The lowest BCUT2D eigenvalue weighted by atomic mass is 9.58. The molecule has 4 heterocycles. The van der Waals surface area contributed by atoms with Gasteiger partial charge in [-0.25, -0.2) is 4.99 Å². The summed E-state index contributed by atoms with van der Waals surface area (Å²) in [6.07, 6.45) is 4.50. The summed E-state index contributed by atoms with van der Waals surface area (Å²) in [4.78, 5) is 24.2. The van der Waals surface area contributed by atoms with Gasteiger partial charge in [0, 0.05) is 37.0 Å². The van der Waals surface area contributed by atoms with Crippen molar-refractivity contribution < 1.29 is 14.3 Å². The third kappa shape index (κ3) is 2.39. The number of nitrogens with zero attached hydrogens (tertiary/aromatic N) is 3. The van der Waals surface area contributed by atoms with E-state index < -0.39 is 11.0 Å².